The number of carbonyl (C=O) groups is 1. The second kappa shape index (κ2) is 24.3. The van der Waals surface area contributed by atoms with Crippen molar-refractivity contribution in [3.05, 3.63) is 78.4 Å². The van der Waals surface area contributed by atoms with Crippen molar-refractivity contribution in [3.63, 3.8) is 0 Å². The van der Waals surface area contributed by atoms with Gasteiger partial charge in [0.2, 0.25) is 12.1 Å². The quantitative estimate of drug-likeness (QED) is 0.0392. The van der Waals surface area contributed by atoms with Crippen molar-refractivity contribution in [2.75, 3.05) is 71.8 Å². The zero-order valence-electron chi connectivity index (χ0n) is 35.7. The summed E-state index contributed by atoms with van der Waals surface area (Å²) in [5.41, 5.74) is 2.59. The highest BCUT2D eigenvalue weighted by molar-refractivity contribution is 7.99. The number of rotatable bonds is 25. The zero-order chi connectivity index (χ0) is 42.9. The molecule has 1 amide bonds. The van der Waals surface area contributed by atoms with E-state index in [0.717, 1.165) is 61.2 Å². The molecule has 7 atom stereocenters. The molecule has 2 aliphatic carbocycles. The zero-order valence-corrected chi connectivity index (χ0v) is 36.5. The number of thioether (sulfide) groups is 1. The fraction of sp³-hybridized carbons (Fsp3) is 0.617. The van der Waals surface area contributed by atoms with Crippen LogP contribution in [0.4, 0.5) is 4.79 Å². The molecule has 4 aliphatic rings. The van der Waals surface area contributed by atoms with Gasteiger partial charge in [0.15, 0.2) is 0 Å². The van der Waals surface area contributed by atoms with Crippen LogP contribution in [-0.2, 0) is 23.8 Å². The minimum atomic E-state index is -1.44. The number of aliphatic hydroxyl groups excluding tert-OH is 3. The van der Waals surface area contributed by atoms with Crippen molar-refractivity contribution in [2.24, 2.45) is 22.9 Å². The van der Waals surface area contributed by atoms with Crippen molar-refractivity contribution in [3.8, 4) is 11.5 Å². The van der Waals surface area contributed by atoms with Crippen molar-refractivity contribution in [1.82, 2.24) is 4.90 Å². The molecule has 2 heterocycles. The molecule has 14 heteroatoms. The second-order valence-corrected chi connectivity index (χ2v) is 17.1. The van der Waals surface area contributed by atoms with Crippen molar-refractivity contribution >= 4 is 23.6 Å². The average Bonchev–Trinajstić information content (AvgIpc) is 3.28. The third-order valence-corrected chi connectivity index (χ3v) is 13.0. The van der Waals surface area contributed by atoms with Gasteiger partial charge in [0.25, 0.3) is 0 Å². The molecule has 13 nitrogen and oxygen atoms in total. The number of fused-ring (bicyclic) bond motifs is 2. The summed E-state index contributed by atoms with van der Waals surface area (Å²) in [7, 11) is 0. The lowest BCUT2D eigenvalue weighted by atomic mass is 9.55. The molecule has 1 saturated heterocycles. The lowest BCUT2D eigenvalue weighted by Crippen LogP contribution is -2.70. The molecule has 2 aromatic rings. The van der Waals surface area contributed by atoms with Gasteiger partial charge in [-0.2, -0.15) is 0 Å². The first-order valence-corrected chi connectivity index (χ1v) is 23.2. The van der Waals surface area contributed by atoms with E-state index in [1.54, 1.807) is 29.7 Å². The van der Waals surface area contributed by atoms with E-state index < -0.39 is 30.1 Å². The van der Waals surface area contributed by atoms with Crippen LogP contribution in [-0.4, -0.2) is 122 Å². The van der Waals surface area contributed by atoms with Crippen LogP contribution in [0, 0.1) is 17.8 Å². The van der Waals surface area contributed by atoms with Crippen LogP contribution in [0.2, 0.25) is 0 Å². The minimum absolute atomic E-state index is 0.0590. The summed E-state index contributed by atoms with van der Waals surface area (Å²) < 4.78 is 38.2. The van der Waals surface area contributed by atoms with Gasteiger partial charge in [-0.05, 0) is 93.2 Å². The van der Waals surface area contributed by atoms with E-state index in [1.165, 1.54) is 4.90 Å². The average molecular weight is 867 g/mol. The smallest absolute Gasteiger partial charge is 0.410 e. The Balaban J connectivity index is 1.50. The summed E-state index contributed by atoms with van der Waals surface area (Å²) in [6.07, 6.45) is 10.5. The van der Waals surface area contributed by atoms with E-state index in [1.807, 2.05) is 30.3 Å². The predicted molar refractivity (Wildman–Crippen MR) is 234 cm³/mol. The van der Waals surface area contributed by atoms with E-state index in [2.05, 4.69) is 30.9 Å². The maximum atomic E-state index is 14.2. The summed E-state index contributed by atoms with van der Waals surface area (Å²) in [6.45, 7) is 7.60. The van der Waals surface area contributed by atoms with Gasteiger partial charge >= 0.3 is 6.09 Å². The van der Waals surface area contributed by atoms with Crippen LogP contribution in [0.15, 0.2) is 82.9 Å². The Morgan fingerprint density at radius 1 is 1.02 bits per heavy atom. The number of ether oxygens (including phenoxy) is 6. The Hall–Kier alpha value is -3.63. The summed E-state index contributed by atoms with van der Waals surface area (Å²) >= 11 is 1.74. The number of allylic oxidation sites excluding steroid dienone is 1. The van der Waals surface area contributed by atoms with Crippen LogP contribution >= 0.6 is 11.8 Å². The summed E-state index contributed by atoms with van der Waals surface area (Å²) in [5.74, 6) is 0.136. The SMILES string of the molecule is C=CCO[C@@]12Oc3ccc(OCCSc4ccccc4)cc3[C@H]3[C@H](CCCCO)[C@@H](CCCCO)C=C(C(=NOC4CCCCO4)C[C@@H]1N(CCOCCO)C(=O)OCC)[C@H]32. The molecule has 61 heavy (non-hydrogen) atoms. The third-order valence-electron chi connectivity index (χ3n) is 12.0. The Labute approximate surface area is 365 Å². The van der Waals surface area contributed by atoms with Crippen molar-refractivity contribution < 1.29 is 53.4 Å². The number of unbranched alkanes of at least 4 members (excludes halogenated alkanes) is 2. The van der Waals surface area contributed by atoms with Gasteiger partial charge in [0.05, 0.1) is 57.9 Å². The first kappa shape index (κ1) is 46.9. The maximum Gasteiger partial charge on any atom is 0.410 e. The van der Waals surface area contributed by atoms with E-state index >= 15 is 0 Å². The van der Waals surface area contributed by atoms with Crippen molar-refractivity contribution in [1.29, 1.82) is 0 Å². The molecule has 1 unspecified atom stereocenters. The fourth-order valence-corrected chi connectivity index (χ4v) is 10.2. The number of amides is 1. The number of carbonyl (C=O) groups excluding carboxylic acids is 1. The van der Waals surface area contributed by atoms with E-state index in [-0.39, 0.29) is 77.0 Å². The molecule has 336 valence electrons. The van der Waals surface area contributed by atoms with Gasteiger partial charge in [0, 0.05) is 54.7 Å². The summed E-state index contributed by atoms with van der Waals surface area (Å²) in [6, 6.07) is 15.5. The van der Waals surface area contributed by atoms with Gasteiger partial charge in [-0.1, -0.05) is 48.3 Å². The normalized spacial score (nSPS) is 26.0. The molecule has 0 radical (unpaired) electrons. The minimum Gasteiger partial charge on any atom is -0.493 e. The standard InChI is InChI=1S/C47H66N2O11S/c1-3-25-58-47-42(49(46(53)55-4-2)21-27-54-28-24-52)33-40(48-60-43-18-10-13-26-57-43)38-31-34(14-8-11-22-50)37(17-9-12-23-51)44(45(38)47)39-32-35(19-20-41(39)59-47)56-29-30-61-36-15-6-5-7-16-36/h3,5-7,15-16,19-20,31-32,34,37,42-45,50-52H,1,4,8-14,17-18,21-30,33H2,2H3/t34-,37+,42-,43?,44+,45+,47+/m0/s1. The highest BCUT2D eigenvalue weighted by Gasteiger charge is 2.65. The Morgan fingerprint density at radius 3 is 2.57 bits per heavy atom. The monoisotopic (exact) mass is 866 g/mol. The lowest BCUT2D eigenvalue weighted by Gasteiger charge is -2.59. The fourth-order valence-electron chi connectivity index (χ4n) is 9.40. The van der Waals surface area contributed by atoms with Crippen LogP contribution in [0.3, 0.4) is 0 Å². The molecular formula is C47H66N2O11S. The van der Waals surface area contributed by atoms with Gasteiger partial charge in [-0.25, -0.2) is 4.79 Å². The van der Waals surface area contributed by atoms with Gasteiger partial charge in [-0.15, -0.1) is 18.3 Å². The number of hydrogen-bond donors (Lipinski definition) is 3. The largest absolute Gasteiger partial charge is 0.493 e. The molecular weight excluding hydrogens is 801 g/mol. The number of nitrogens with zero attached hydrogens (tertiary/aromatic N) is 2. The Kier molecular flexibility index (Phi) is 18.7. The van der Waals surface area contributed by atoms with E-state index in [9.17, 15) is 20.1 Å². The molecule has 0 aromatic heterocycles. The molecule has 2 aliphatic heterocycles. The van der Waals surface area contributed by atoms with Crippen LogP contribution in [0.5, 0.6) is 11.5 Å². The molecule has 2 aromatic carbocycles. The molecule has 0 spiro atoms. The number of benzene rings is 2. The lowest BCUT2D eigenvalue weighted by molar-refractivity contribution is -0.256. The Morgan fingerprint density at radius 2 is 1.84 bits per heavy atom. The van der Waals surface area contributed by atoms with E-state index in [0.29, 0.717) is 43.9 Å². The molecule has 6 rings (SSSR count). The summed E-state index contributed by atoms with van der Waals surface area (Å²) in [5, 5.41) is 34.3. The molecule has 3 N–H and O–H groups in total. The summed E-state index contributed by atoms with van der Waals surface area (Å²) in [4.78, 5) is 23.2. The molecule has 1 saturated carbocycles. The van der Waals surface area contributed by atoms with Crippen molar-refractivity contribution in [2.45, 2.75) is 100 Å². The highest BCUT2D eigenvalue weighted by Crippen LogP contribution is 2.62. The number of oxime groups is 1. The van der Waals surface area contributed by atoms with Crippen LogP contribution < -0.4 is 9.47 Å². The predicted octanol–water partition coefficient (Wildman–Crippen LogP) is 7.49. The first-order chi connectivity index (χ1) is 30.0. The second-order valence-electron chi connectivity index (χ2n) is 15.9. The van der Waals surface area contributed by atoms with Gasteiger partial charge in [0.1, 0.15) is 17.5 Å². The topological polar surface area (TPSA) is 158 Å². The van der Waals surface area contributed by atoms with Crippen LogP contribution in [0.1, 0.15) is 82.6 Å². The third kappa shape index (κ3) is 11.9. The Bertz CT molecular complexity index is 1720. The van der Waals surface area contributed by atoms with Gasteiger partial charge in [-0.3, -0.25) is 4.90 Å². The van der Waals surface area contributed by atoms with Gasteiger partial charge < -0.3 is 48.6 Å². The molecule has 0 bridgehead atoms. The number of hydrogen-bond acceptors (Lipinski definition) is 13. The maximum absolute atomic E-state index is 14.2. The number of aliphatic hydroxyl groups is 3. The first-order valence-electron chi connectivity index (χ1n) is 22.3. The van der Waals surface area contributed by atoms with Crippen LogP contribution in [0.25, 0.3) is 0 Å². The van der Waals surface area contributed by atoms with E-state index in [4.69, 9.17) is 38.4 Å². The molecule has 2 fully saturated rings. The highest BCUT2D eigenvalue weighted by atomic mass is 32.2.